The van der Waals surface area contributed by atoms with Gasteiger partial charge >= 0.3 is 0 Å². The lowest BCUT2D eigenvalue weighted by atomic mass is 10.3. The second-order valence-corrected chi connectivity index (χ2v) is 5.84. The van der Waals surface area contributed by atoms with Crippen molar-refractivity contribution >= 4 is 20.2 Å². The Morgan fingerprint density at radius 2 is 1.46 bits per heavy atom. The molecule has 7 nitrogen and oxygen atoms in total. The fourth-order valence-corrected chi connectivity index (χ4v) is 3.29. The molecule has 4 N–H and O–H groups in total. The molecular weight excluding hydrogens is 222 g/mol. The lowest BCUT2D eigenvalue weighted by molar-refractivity contribution is 0.440. The van der Waals surface area contributed by atoms with Gasteiger partial charge in [0.15, 0.2) is 0 Å². The zero-order valence-electron chi connectivity index (χ0n) is 6.78. The Balaban J connectivity index is 5.27. The minimum atomic E-state index is -4.90. The Bertz CT molecular complexity index is 324. The lowest BCUT2D eigenvalue weighted by Gasteiger charge is -2.16. The van der Waals surface area contributed by atoms with Gasteiger partial charge in [0.05, 0.1) is 0 Å². The molecule has 9 heteroatoms. The van der Waals surface area contributed by atoms with Crippen molar-refractivity contribution in [2.75, 3.05) is 0 Å². The topological polar surface area (TPSA) is 135 Å². The fourth-order valence-electron chi connectivity index (χ4n) is 0.788. The third-order valence-electron chi connectivity index (χ3n) is 1.41. The van der Waals surface area contributed by atoms with E-state index in [4.69, 9.17) is 14.8 Å². The summed E-state index contributed by atoms with van der Waals surface area (Å²) in [6, 6.07) is -1.36. The Kier molecular flexibility index (Phi) is 3.82. The van der Waals surface area contributed by atoms with E-state index in [9.17, 15) is 16.8 Å². The van der Waals surface area contributed by atoms with Crippen LogP contribution in [0.3, 0.4) is 0 Å². The van der Waals surface area contributed by atoms with Crippen LogP contribution in [-0.4, -0.2) is 36.6 Å². The highest BCUT2D eigenvalue weighted by Gasteiger charge is 2.39. The quantitative estimate of drug-likeness (QED) is 0.520. The normalized spacial score (nSPS) is 16.1. The molecule has 0 bridgehead atoms. The van der Waals surface area contributed by atoms with Gasteiger partial charge in [0.25, 0.3) is 20.2 Å². The molecule has 0 fully saturated rings. The van der Waals surface area contributed by atoms with Crippen molar-refractivity contribution in [1.29, 1.82) is 0 Å². The van der Waals surface area contributed by atoms with Crippen molar-refractivity contribution in [2.45, 2.75) is 24.0 Å². The molecule has 1 atom stereocenters. The summed E-state index contributed by atoms with van der Waals surface area (Å²) < 4.78 is 56.6. The molecule has 1 unspecified atom stereocenters. The van der Waals surface area contributed by atoms with E-state index in [0.717, 1.165) is 0 Å². The van der Waals surface area contributed by atoms with E-state index in [1.807, 2.05) is 0 Å². The summed E-state index contributed by atoms with van der Waals surface area (Å²) >= 11 is 0. The van der Waals surface area contributed by atoms with Crippen LogP contribution in [0.2, 0.25) is 0 Å². The van der Waals surface area contributed by atoms with Crippen LogP contribution in [0.5, 0.6) is 0 Å². The molecule has 13 heavy (non-hydrogen) atoms. The van der Waals surface area contributed by atoms with Gasteiger partial charge in [-0.3, -0.25) is 9.11 Å². The highest BCUT2D eigenvalue weighted by Crippen LogP contribution is 2.12. The average molecular weight is 233 g/mol. The maximum Gasteiger partial charge on any atom is 0.286 e. The number of nitrogens with two attached hydrogens (primary N) is 1. The smallest absolute Gasteiger partial charge is 0.286 e. The Morgan fingerprint density at radius 1 is 1.15 bits per heavy atom. The van der Waals surface area contributed by atoms with Crippen LogP contribution in [0.4, 0.5) is 0 Å². The van der Waals surface area contributed by atoms with Gasteiger partial charge in [-0.2, -0.15) is 16.8 Å². The summed E-state index contributed by atoms with van der Waals surface area (Å²) in [5.74, 6) is 0. The number of hydrogen-bond acceptors (Lipinski definition) is 5. The first kappa shape index (κ1) is 12.8. The molecule has 0 heterocycles. The third kappa shape index (κ3) is 3.56. The second kappa shape index (κ2) is 3.88. The molecule has 0 spiro atoms. The molecule has 0 aliphatic heterocycles. The van der Waals surface area contributed by atoms with Crippen LogP contribution in [0.1, 0.15) is 13.3 Å². The monoisotopic (exact) mass is 233 g/mol. The van der Waals surface area contributed by atoms with Crippen molar-refractivity contribution in [3.8, 4) is 0 Å². The van der Waals surface area contributed by atoms with Crippen molar-refractivity contribution in [2.24, 2.45) is 5.73 Å². The van der Waals surface area contributed by atoms with Crippen molar-refractivity contribution in [3.63, 3.8) is 0 Å². The Hall–Kier alpha value is -0.220. The second-order valence-electron chi connectivity index (χ2n) is 2.47. The van der Waals surface area contributed by atoms with Gasteiger partial charge in [0.1, 0.15) is 0 Å². The zero-order valence-corrected chi connectivity index (χ0v) is 8.42. The number of rotatable bonds is 4. The molecule has 0 rings (SSSR count). The molecule has 0 aromatic rings. The SMILES string of the molecule is CCC(N)C(S(=O)(=O)O)S(=O)(=O)O. The van der Waals surface area contributed by atoms with Crippen molar-refractivity contribution in [3.05, 3.63) is 0 Å². The van der Waals surface area contributed by atoms with Gasteiger partial charge in [-0.25, -0.2) is 0 Å². The predicted molar refractivity (Wildman–Crippen MR) is 45.2 cm³/mol. The summed E-state index contributed by atoms with van der Waals surface area (Å²) in [5.41, 5.74) is 5.11. The Morgan fingerprint density at radius 3 is 1.54 bits per heavy atom. The maximum absolute atomic E-state index is 10.5. The van der Waals surface area contributed by atoms with Crippen molar-refractivity contribution < 1.29 is 25.9 Å². The van der Waals surface area contributed by atoms with E-state index < -0.39 is 30.9 Å². The first-order valence-corrected chi connectivity index (χ1v) is 6.29. The molecule has 0 aromatic heterocycles. The molecule has 0 saturated heterocycles. The van der Waals surface area contributed by atoms with E-state index in [0.29, 0.717) is 0 Å². The maximum atomic E-state index is 10.5. The molecule has 0 saturated carbocycles. The highest BCUT2D eigenvalue weighted by molar-refractivity contribution is 8.04. The number of hydrogen-bond donors (Lipinski definition) is 3. The first-order chi connectivity index (χ1) is 5.60. The van der Waals surface area contributed by atoms with Gasteiger partial charge in [0, 0.05) is 6.04 Å². The molecule has 80 valence electrons. The minimum Gasteiger partial charge on any atom is -0.326 e. The first-order valence-electron chi connectivity index (χ1n) is 3.29. The summed E-state index contributed by atoms with van der Waals surface area (Å²) in [7, 11) is -9.79. The fraction of sp³-hybridized carbons (Fsp3) is 1.00. The molecule has 0 aliphatic rings. The zero-order chi connectivity index (χ0) is 10.9. The average Bonchev–Trinajstić information content (AvgIpc) is 1.80. The lowest BCUT2D eigenvalue weighted by Crippen LogP contribution is -2.45. The van der Waals surface area contributed by atoms with Gasteiger partial charge in [0.2, 0.25) is 4.58 Å². The third-order valence-corrected chi connectivity index (χ3v) is 4.74. The van der Waals surface area contributed by atoms with Crippen LogP contribution >= 0.6 is 0 Å². The van der Waals surface area contributed by atoms with Crippen LogP contribution in [-0.2, 0) is 20.2 Å². The molecular formula is C4H11NO6S2. The standard InChI is InChI=1S/C4H11NO6S2/c1-2-3(5)4(12(6,7)8)13(9,10)11/h3-4H,2,5H2,1H3,(H,6,7,8)(H,9,10,11). The predicted octanol–water partition coefficient (Wildman–Crippen LogP) is -1.17. The van der Waals surface area contributed by atoms with Crippen LogP contribution in [0.25, 0.3) is 0 Å². The highest BCUT2D eigenvalue weighted by atomic mass is 32.3. The van der Waals surface area contributed by atoms with Crippen LogP contribution < -0.4 is 5.73 Å². The molecule has 0 radical (unpaired) electrons. The molecule has 0 aliphatic carbocycles. The molecule has 0 amide bonds. The van der Waals surface area contributed by atoms with Gasteiger partial charge < -0.3 is 5.73 Å². The Labute approximate surface area is 76.4 Å². The molecule has 0 aromatic carbocycles. The summed E-state index contributed by atoms with van der Waals surface area (Å²) in [6.07, 6.45) is -0.00968. The van der Waals surface area contributed by atoms with Gasteiger partial charge in [-0.15, -0.1) is 0 Å². The van der Waals surface area contributed by atoms with E-state index in [1.165, 1.54) is 6.92 Å². The minimum absolute atomic E-state index is 0.00968. The van der Waals surface area contributed by atoms with E-state index in [-0.39, 0.29) is 6.42 Å². The van der Waals surface area contributed by atoms with Gasteiger partial charge in [-0.05, 0) is 6.42 Å². The summed E-state index contributed by atoms with van der Waals surface area (Å²) in [6.45, 7) is 1.42. The van der Waals surface area contributed by atoms with E-state index >= 15 is 0 Å². The summed E-state index contributed by atoms with van der Waals surface area (Å²) in [4.78, 5) is 0. The summed E-state index contributed by atoms with van der Waals surface area (Å²) in [5, 5.41) is 0. The largest absolute Gasteiger partial charge is 0.326 e. The van der Waals surface area contributed by atoms with E-state index in [2.05, 4.69) is 0 Å². The van der Waals surface area contributed by atoms with Crippen LogP contribution in [0.15, 0.2) is 0 Å². The van der Waals surface area contributed by atoms with Gasteiger partial charge in [-0.1, -0.05) is 6.92 Å². The van der Waals surface area contributed by atoms with E-state index in [1.54, 1.807) is 0 Å². The van der Waals surface area contributed by atoms with Crippen LogP contribution in [0, 0.1) is 0 Å². The van der Waals surface area contributed by atoms with Crippen molar-refractivity contribution in [1.82, 2.24) is 0 Å².